The number of carbonyl (C=O) groups excluding carboxylic acids is 1. The number of nitrogens with one attached hydrogen (secondary N) is 2. The highest BCUT2D eigenvalue weighted by Crippen LogP contribution is 2.29. The number of H-pyrrole nitrogens is 1. The zero-order valence-corrected chi connectivity index (χ0v) is 22.4. The molecule has 8 heteroatoms. The van der Waals surface area contributed by atoms with Gasteiger partial charge in [0.2, 0.25) is 0 Å². The predicted octanol–water partition coefficient (Wildman–Crippen LogP) is 5.89. The summed E-state index contributed by atoms with van der Waals surface area (Å²) in [5, 5.41) is 15.2. The lowest BCUT2D eigenvalue weighted by Crippen LogP contribution is -2.35. The summed E-state index contributed by atoms with van der Waals surface area (Å²) in [6.45, 7) is 1.42. The van der Waals surface area contributed by atoms with Crippen LogP contribution in [0.4, 0.5) is 0 Å². The van der Waals surface area contributed by atoms with Crippen LogP contribution in [0.2, 0.25) is 0 Å². The number of phenolic OH excluding ortho intramolecular Hbond substituents is 1. The van der Waals surface area contributed by atoms with Gasteiger partial charge in [0.25, 0.3) is 0 Å². The number of fused-ring (bicyclic) bond motifs is 3. The third-order valence-electron chi connectivity index (χ3n) is 6.43. The molecule has 0 aliphatic rings. The smallest absolute Gasteiger partial charge is 0.338 e. The Balaban J connectivity index is 0.00000353. The Morgan fingerprint density at radius 2 is 1.62 bits per heavy atom. The van der Waals surface area contributed by atoms with Crippen molar-refractivity contribution in [3.8, 4) is 17.2 Å². The average molecular weight is 547 g/mol. The normalized spacial score (nSPS) is 11.6. The van der Waals surface area contributed by atoms with Gasteiger partial charge in [0, 0.05) is 41.3 Å². The Morgan fingerprint density at radius 1 is 0.897 bits per heavy atom. The largest absolute Gasteiger partial charge is 0.508 e. The van der Waals surface area contributed by atoms with Gasteiger partial charge >= 0.3 is 5.97 Å². The number of para-hydroxylation sites is 4. The van der Waals surface area contributed by atoms with Crippen LogP contribution in [-0.4, -0.2) is 49.0 Å². The van der Waals surface area contributed by atoms with Crippen LogP contribution < -0.4 is 14.8 Å². The first-order valence-electron chi connectivity index (χ1n) is 12.6. The predicted molar refractivity (Wildman–Crippen MR) is 155 cm³/mol. The highest BCUT2D eigenvalue weighted by atomic mass is 35.5. The second-order valence-corrected chi connectivity index (χ2v) is 8.99. The molecule has 0 bridgehead atoms. The van der Waals surface area contributed by atoms with Crippen LogP contribution >= 0.6 is 12.4 Å². The topological polar surface area (TPSA) is 92.8 Å². The average Bonchev–Trinajstić information content (AvgIpc) is 3.33. The van der Waals surface area contributed by atoms with E-state index in [-0.39, 0.29) is 18.2 Å². The summed E-state index contributed by atoms with van der Waals surface area (Å²) in [6.07, 6.45) is 0.0912. The van der Waals surface area contributed by atoms with Crippen LogP contribution in [0.3, 0.4) is 0 Å². The number of aromatic nitrogens is 1. The van der Waals surface area contributed by atoms with E-state index in [4.69, 9.17) is 14.2 Å². The third kappa shape index (κ3) is 6.63. The molecule has 0 radical (unpaired) electrons. The number of benzene rings is 4. The first-order valence-corrected chi connectivity index (χ1v) is 12.6. The minimum Gasteiger partial charge on any atom is -0.508 e. The first kappa shape index (κ1) is 27.8. The molecule has 202 valence electrons. The molecule has 1 unspecified atom stereocenters. The molecule has 0 saturated heterocycles. The molecule has 1 atom stereocenters. The molecular weight excluding hydrogens is 516 g/mol. The molecule has 0 spiro atoms. The molecule has 5 aromatic rings. The number of rotatable bonds is 11. The van der Waals surface area contributed by atoms with Gasteiger partial charge in [-0.3, -0.25) is 0 Å². The fourth-order valence-corrected chi connectivity index (χ4v) is 4.56. The van der Waals surface area contributed by atoms with Gasteiger partial charge in [0.05, 0.1) is 12.7 Å². The SMILES string of the molecule is COc1ccccc1OCCNCC(Cc1cccc2c1[nH]c1ccccc12)OC(=O)c1ccc(O)cc1.Cl. The lowest BCUT2D eigenvalue weighted by Gasteiger charge is -2.20. The number of halogens is 1. The van der Waals surface area contributed by atoms with Gasteiger partial charge < -0.3 is 29.6 Å². The van der Waals surface area contributed by atoms with Crippen molar-refractivity contribution in [2.24, 2.45) is 0 Å². The maximum absolute atomic E-state index is 12.9. The third-order valence-corrected chi connectivity index (χ3v) is 6.43. The second kappa shape index (κ2) is 13.0. The molecule has 0 aliphatic heterocycles. The number of aromatic hydroxyl groups is 1. The van der Waals surface area contributed by atoms with Crippen molar-refractivity contribution in [2.45, 2.75) is 12.5 Å². The summed E-state index contributed by atoms with van der Waals surface area (Å²) in [4.78, 5) is 16.5. The van der Waals surface area contributed by atoms with Gasteiger partial charge in [0.1, 0.15) is 18.5 Å². The van der Waals surface area contributed by atoms with Crippen LogP contribution in [0, 0.1) is 0 Å². The number of phenols is 1. The molecule has 0 amide bonds. The maximum Gasteiger partial charge on any atom is 0.338 e. The van der Waals surface area contributed by atoms with E-state index in [9.17, 15) is 9.90 Å². The Kier molecular flexibility index (Phi) is 9.31. The molecule has 4 aromatic carbocycles. The van der Waals surface area contributed by atoms with Crippen molar-refractivity contribution >= 4 is 40.2 Å². The van der Waals surface area contributed by atoms with Crippen LogP contribution in [0.25, 0.3) is 21.8 Å². The molecule has 0 aliphatic carbocycles. The summed E-state index contributed by atoms with van der Waals surface area (Å²) in [5.74, 6) is 1.02. The fourth-order valence-electron chi connectivity index (χ4n) is 4.56. The van der Waals surface area contributed by atoms with E-state index < -0.39 is 12.1 Å². The van der Waals surface area contributed by atoms with Crippen molar-refractivity contribution in [1.29, 1.82) is 0 Å². The van der Waals surface area contributed by atoms with E-state index in [0.717, 1.165) is 27.4 Å². The van der Waals surface area contributed by atoms with Crippen LogP contribution in [0.15, 0.2) is 91.0 Å². The minimum absolute atomic E-state index is 0. The molecule has 1 heterocycles. The quantitative estimate of drug-likeness (QED) is 0.141. The highest BCUT2D eigenvalue weighted by Gasteiger charge is 2.19. The summed E-state index contributed by atoms with van der Waals surface area (Å²) >= 11 is 0. The lowest BCUT2D eigenvalue weighted by atomic mass is 10.0. The Hall–Kier alpha value is -4.20. The van der Waals surface area contributed by atoms with E-state index in [1.54, 1.807) is 19.2 Å². The molecular formula is C31H31ClN2O5. The number of hydrogen-bond donors (Lipinski definition) is 3. The number of aromatic amines is 1. The first-order chi connectivity index (χ1) is 18.6. The van der Waals surface area contributed by atoms with Gasteiger partial charge in [-0.2, -0.15) is 0 Å². The summed E-state index contributed by atoms with van der Waals surface area (Å²) in [5.41, 5.74) is 3.56. The number of ether oxygens (including phenoxy) is 3. The van der Waals surface area contributed by atoms with E-state index in [1.807, 2.05) is 42.5 Å². The number of hydrogen-bond acceptors (Lipinski definition) is 6. The standard InChI is InChI=1S/C31H30N2O5.ClH/c1-36-28-11-4-5-12-29(28)37-18-17-32-20-24(38-31(35)21-13-15-23(34)16-14-21)19-22-7-6-9-26-25-8-2-3-10-27(25)33-30(22)26;/h2-16,24,32-34H,17-20H2,1H3;1H. The number of esters is 1. The molecule has 1 aromatic heterocycles. The van der Waals surface area contributed by atoms with E-state index in [0.29, 0.717) is 43.2 Å². The number of methoxy groups -OCH3 is 1. The molecule has 3 N–H and O–H groups in total. The molecule has 0 fully saturated rings. The van der Waals surface area contributed by atoms with Gasteiger partial charge in [-0.05, 0) is 48.0 Å². The Bertz CT molecular complexity index is 1530. The van der Waals surface area contributed by atoms with E-state index in [2.05, 4.69) is 34.6 Å². The fraction of sp³-hybridized carbons (Fsp3) is 0.194. The zero-order chi connectivity index (χ0) is 26.3. The van der Waals surface area contributed by atoms with Gasteiger partial charge in [-0.15, -0.1) is 12.4 Å². The lowest BCUT2D eigenvalue weighted by molar-refractivity contribution is 0.0302. The van der Waals surface area contributed by atoms with E-state index in [1.165, 1.54) is 12.1 Å². The zero-order valence-electron chi connectivity index (χ0n) is 21.6. The van der Waals surface area contributed by atoms with Gasteiger partial charge in [-0.1, -0.05) is 48.5 Å². The van der Waals surface area contributed by atoms with Crippen molar-refractivity contribution < 1.29 is 24.1 Å². The molecule has 0 saturated carbocycles. The summed E-state index contributed by atoms with van der Waals surface area (Å²) in [7, 11) is 1.61. The van der Waals surface area contributed by atoms with Gasteiger partial charge in [-0.25, -0.2) is 4.79 Å². The van der Waals surface area contributed by atoms with Crippen molar-refractivity contribution in [2.75, 3.05) is 26.8 Å². The van der Waals surface area contributed by atoms with Crippen molar-refractivity contribution in [3.05, 3.63) is 102 Å². The minimum atomic E-state index is -0.439. The maximum atomic E-state index is 12.9. The Labute approximate surface area is 233 Å². The van der Waals surface area contributed by atoms with Crippen LogP contribution in [0.1, 0.15) is 15.9 Å². The Morgan fingerprint density at radius 3 is 2.41 bits per heavy atom. The van der Waals surface area contributed by atoms with Gasteiger partial charge in [0.15, 0.2) is 11.5 Å². The second-order valence-electron chi connectivity index (χ2n) is 8.99. The highest BCUT2D eigenvalue weighted by molar-refractivity contribution is 6.08. The number of carbonyl (C=O) groups is 1. The molecule has 39 heavy (non-hydrogen) atoms. The summed E-state index contributed by atoms with van der Waals surface area (Å²) < 4.78 is 17.1. The van der Waals surface area contributed by atoms with Crippen molar-refractivity contribution in [3.63, 3.8) is 0 Å². The van der Waals surface area contributed by atoms with E-state index >= 15 is 0 Å². The molecule has 7 nitrogen and oxygen atoms in total. The van der Waals surface area contributed by atoms with Crippen LogP contribution in [-0.2, 0) is 11.2 Å². The summed E-state index contributed by atoms with van der Waals surface area (Å²) in [6, 6.07) is 28.0. The molecule has 5 rings (SSSR count). The monoisotopic (exact) mass is 546 g/mol. The van der Waals surface area contributed by atoms with Crippen molar-refractivity contribution in [1.82, 2.24) is 10.3 Å². The van der Waals surface area contributed by atoms with Crippen LogP contribution in [0.5, 0.6) is 17.2 Å².